The lowest BCUT2D eigenvalue weighted by Gasteiger charge is -2.07. The highest BCUT2D eigenvalue weighted by Crippen LogP contribution is 2.29. The van der Waals surface area contributed by atoms with Crippen molar-refractivity contribution in [3.63, 3.8) is 0 Å². The van der Waals surface area contributed by atoms with Crippen molar-refractivity contribution in [2.45, 2.75) is 10.8 Å². The Kier molecular flexibility index (Phi) is 5.67. The first-order chi connectivity index (χ1) is 12.2. The molecule has 128 valence electrons. The number of carbonyl (C=O) groups is 2. The fourth-order valence-electron chi connectivity index (χ4n) is 2.27. The Morgan fingerprint density at radius 1 is 1.16 bits per heavy atom. The highest BCUT2D eigenvalue weighted by Gasteiger charge is 2.08. The van der Waals surface area contributed by atoms with Gasteiger partial charge < -0.3 is 10.6 Å². The molecule has 5 nitrogen and oxygen atoms in total. The third kappa shape index (κ3) is 4.58. The minimum atomic E-state index is -0.177. The first kappa shape index (κ1) is 17.4. The number of amides is 2. The van der Waals surface area contributed by atoms with Crippen molar-refractivity contribution in [1.29, 1.82) is 0 Å². The zero-order valence-corrected chi connectivity index (χ0v) is 15.2. The quantitative estimate of drug-likeness (QED) is 0.647. The highest BCUT2D eigenvalue weighted by molar-refractivity contribution is 8.00. The van der Waals surface area contributed by atoms with Crippen LogP contribution in [0.1, 0.15) is 16.8 Å². The predicted octanol–water partition coefficient (Wildman–Crippen LogP) is 3.78. The number of thiazole rings is 1. The number of hydrogen-bond acceptors (Lipinski definition) is 5. The third-order valence-corrected chi connectivity index (χ3v) is 5.50. The molecule has 1 heterocycles. The van der Waals surface area contributed by atoms with Crippen LogP contribution in [0, 0.1) is 0 Å². The third-order valence-electron chi connectivity index (χ3n) is 3.50. The van der Waals surface area contributed by atoms with Crippen LogP contribution in [0.25, 0.3) is 10.2 Å². The van der Waals surface area contributed by atoms with Crippen molar-refractivity contribution in [2.24, 2.45) is 0 Å². The number of hydrogen-bond donors (Lipinski definition) is 2. The molecule has 0 saturated carbocycles. The second kappa shape index (κ2) is 8.13. The molecule has 0 aliphatic heterocycles. The largest absolute Gasteiger partial charge is 0.352 e. The molecule has 0 aliphatic carbocycles. The molecule has 0 atom stereocenters. The molecule has 25 heavy (non-hydrogen) atoms. The van der Waals surface area contributed by atoms with E-state index in [1.54, 1.807) is 47.4 Å². The molecule has 0 saturated heterocycles. The molecule has 3 rings (SSSR count). The summed E-state index contributed by atoms with van der Waals surface area (Å²) in [6.45, 7) is 0.291. The predicted molar refractivity (Wildman–Crippen MR) is 103 cm³/mol. The highest BCUT2D eigenvalue weighted by atomic mass is 32.2. The van der Waals surface area contributed by atoms with E-state index in [0.717, 1.165) is 20.2 Å². The number of thioether (sulfide) groups is 1. The van der Waals surface area contributed by atoms with Gasteiger partial charge in [0.05, 0.1) is 10.2 Å². The standard InChI is InChI=1S/C18H17N3O2S2/c1-24-18-21-14-8-7-13(11-15(14)25-18)20-16(22)9-10-19-17(23)12-5-3-2-4-6-12/h2-8,11H,9-10H2,1H3,(H,19,23)(H,20,22). The average Bonchev–Trinajstić information content (AvgIpc) is 3.05. The summed E-state index contributed by atoms with van der Waals surface area (Å²) in [6, 6.07) is 14.6. The topological polar surface area (TPSA) is 71.1 Å². The van der Waals surface area contributed by atoms with Gasteiger partial charge in [0.2, 0.25) is 5.91 Å². The molecule has 0 fully saturated rings. The maximum atomic E-state index is 12.0. The summed E-state index contributed by atoms with van der Waals surface area (Å²) in [7, 11) is 0. The fraction of sp³-hybridized carbons (Fsp3) is 0.167. The second-order valence-electron chi connectivity index (χ2n) is 5.29. The van der Waals surface area contributed by atoms with Crippen LogP contribution in [0.5, 0.6) is 0 Å². The Hall–Kier alpha value is -2.38. The number of aromatic nitrogens is 1. The van der Waals surface area contributed by atoms with Crippen molar-refractivity contribution < 1.29 is 9.59 Å². The summed E-state index contributed by atoms with van der Waals surface area (Å²) < 4.78 is 2.04. The van der Waals surface area contributed by atoms with Gasteiger partial charge in [-0.05, 0) is 36.6 Å². The Labute approximate surface area is 153 Å². The van der Waals surface area contributed by atoms with Gasteiger partial charge in [-0.25, -0.2) is 4.98 Å². The smallest absolute Gasteiger partial charge is 0.251 e. The lowest BCUT2D eigenvalue weighted by atomic mass is 10.2. The van der Waals surface area contributed by atoms with Gasteiger partial charge in [-0.3, -0.25) is 9.59 Å². The number of nitrogens with one attached hydrogen (secondary N) is 2. The Morgan fingerprint density at radius 3 is 2.72 bits per heavy atom. The molecule has 0 bridgehead atoms. The SMILES string of the molecule is CSc1nc2ccc(NC(=O)CCNC(=O)c3ccccc3)cc2s1. The van der Waals surface area contributed by atoms with Crippen LogP contribution in [0.2, 0.25) is 0 Å². The van der Waals surface area contributed by atoms with Crippen molar-refractivity contribution in [3.05, 3.63) is 54.1 Å². The van der Waals surface area contributed by atoms with Crippen LogP contribution in [0.15, 0.2) is 52.9 Å². The van der Waals surface area contributed by atoms with Gasteiger partial charge in [0.1, 0.15) is 0 Å². The van der Waals surface area contributed by atoms with Crippen LogP contribution in [-0.2, 0) is 4.79 Å². The monoisotopic (exact) mass is 371 g/mol. The van der Waals surface area contributed by atoms with Crippen molar-refractivity contribution in [3.8, 4) is 0 Å². The second-order valence-corrected chi connectivity index (χ2v) is 7.37. The maximum Gasteiger partial charge on any atom is 0.251 e. The Morgan fingerprint density at radius 2 is 1.96 bits per heavy atom. The number of nitrogens with zero attached hydrogens (tertiary/aromatic N) is 1. The van der Waals surface area contributed by atoms with E-state index in [0.29, 0.717) is 12.1 Å². The summed E-state index contributed by atoms with van der Waals surface area (Å²) in [5.74, 6) is -0.314. The molecule has 0 unspecified atom stereocenters. The van der Waals surface area contributed by atoms with Gasteiger partial charge in [-0.1, -0.05) is 30.0 Å². The van der Waals surface area contributed by atoms with Crippen molar-refractivity contribution >= 4 is 50.8 Å². The van der Waals surface area contributed by atoms with E-state index in [1.807, 2.05) is 30.5 Å². The van der Waals surface area contributed by atoms with E-state index in [-0.39, 0.29) is 18.2 Å². The summed E-state index contributed by atoms with van der Waals surface area (Å²) in [4.78, 5) is 28.4. The molecule has 7 heteroatoms. The van der Waals surface area contributed by atoms with Crippen molar-refractivity contribution in [2.75, 3.05) is 18.1 Å². The first-order valence-electron chi connectivity index (χ1n) is 7.73. The van der Waals surface area contributed by atoms with E-state index in [2.05, 4.69) is 15.6 Å². The maximum absolute atomic E-state index is 12.0. The van der Waals surface area contributed by atoms with Gasteiger partial charge in [0, 0.05) is 24.2 Å². The number of benzene rings is 2. The average molecular weight is 371 g/mol. The minimum Gasteiger partial charge on any atom is -0.352 e. The van der Waals surface area contributed by atoms with Gasteiger partial charge in [-0.15, -0.1) is 11.3 Å². The molecule has 1 aromatic heterocycles. The summed E-state index contributed by atoms with van der Waals surface area (Å²) >= 11 is 3.21. The molecular formula is C18H17N3O2S2. The fourth-order valence-corrected chi connectivity index (χ4v) is 3.80. The lowest BCUT2D eigenvalue weighted by Crippen LogP contribution is -2.27. The van der Waals surface area contributed by atoms with E-state index in [1.165, 1.54) is 0 Å². The molecule has 2 amide bonds. The van der Waals surface area contributed by atoms with E-state index in [4.69, 9.17) is 0 Å². The van der Waals surface area contributed by atoms with Gasteiger partial charge in [0.25, 0.3) is 5.91 Å². The summed E-state index contributed by atoms with van der Waals surface area (Å²) in [6.07, 6.45) is 2.21. The van der Waals surface area contributed by atoms with Crippen LogP contribution < -0.4 is 10.6 Å². The van der Waals surface area contributed by atoms with Crippen LogP contribution in [0.3, 0.4) is 0 Å². The molecule has 0 radical (unpaired) electrons. The molecule has 0 spiro atoms. The van der Waals surface area contributed by atoms with Gasteiger partial charge in [-0.2, -0.15) is 0 Å². The first-order valence-corrected chi connectivity index (χ1v) is 9.77. The zero-order chi connectivity index (χ0) is 17.6. The van der Waals surface area contributed by atoms with E-state index < -0.39 is 0 Å². The number of fused-ring (bicyclic) bond motifs is 1. The number of anilines is 1. The number of carbonyl (C=O) groups excluding carboxylic acids is 2. The van der Waals surface area contributed by atoms with Crippen LogP contribution in [0.4, 0.5) is 5.69 Å². The number of rotatable bonds is 6. The summed E-state index contributed by atoms with van der Waals surface area (Å²) in [5.41, 5.74) is 2.26. The molecule has 3 aromatic rings. The van der Waals surface area contributed by atoms with E-state index in [9.17, 15) is 9.59 Å². The summed E-state index contributed by atoms with van der Waals surface area (Å²) in [5, 5.41) is 5.60. The van der Waals surface area contributed by atoms with Crippen LogP contribution >= 0.6 is 23.1 Å². The Bertz CT molecular complexity index is 894. The van der Waals surface area contributed by atoms with Crippen LogP contribution in [-0.4, -0.2) is 29.6 Å². The minimum absolute atomic E-state index is 0.137. The normalized spacial score (nSPS) is 10.6. The molecule has 2 N–H and O–H groups in total. The van der Waals surface area contributed by atoms with Gasteiger partial charge >= 0.3 is 0 Å². The molecular weight excluding hydrogens is 354 g/mol. The van der Waals surface area contributed by atoms with Gasteiger partial charge in [0.15, 0.2) is 4.34 Å². The zero-order valence-electron chi connectivity index (χ0n) is 13.6. The molecule has 2 aromatic carbocycles. The van der Waals surface area contributed by atoms with Crippen molar-refractivity contribution in [1.82, 2.24) is 10.3 Å². The lowest BCUT2D eigenvalue weighted by molar-refractivity contribution is -0.116. The van der Waals surface area contributed by atoms with E-state index >= 15 is 0 Å². The Balaban J connectivity index is 1.51. The molecule has 0 aliphatic rings.